The van der Waals surface area contributed by atoms with Gasteiger partial charge in [-0.1, -0.05) is 35.6 Å². The van der Waals surface area contributed by atoms with Crippen LogP contribution < -0.4 is 10.1 Å². The van der Waals surface area contributed by atoms with E-state index in [0.29, 0.717) is 28.8 Å². The Bertz CT molecular complexity index is 1570. The summed E-state index contributed by atoms with van der Waals surface area (Å²) in [4.78, 5) is 24.2. The van der Waals surface area contributed by atoms with Gasteiger partial charge in [0.25, 0.3) is 0 Å². The molecule has 0 saturated carbocycles. The molecule has 2 aromatic heterocycles. The van der Waals surface area contributed by atoms with Gasteiger partial charge in [-0.05, 0) is 54.8 Å². The van der Waals surface area contributed by atoms with Crippen molar-refractivity contribution in [3.8, 4) is 17.6 Å². The van der Waals surface area contributed by atoms with Crippen LogP contribution in [0.4, 0.5) is 20.7 Å². The lowest BCUT2D eigenvalue weighted by atomic mass is 10.2. The smallest absolute Gasteiger partial charge is 0.411 e. The maximum Gasteiger partial charge on any atom is 0.411 e. The molecule has 2 atom stereocenters. The van der Waals surface area contributed by atoms with Gasteiger partial charge in [-0.2, -0.15) is 0 Å². The van der Waals surface area contributed by atoms with E-state index in [9.17, 15) is 9.18 Å². The Morgan fingerprint density at radius 2 is 2.14 bits per heavy atom. The van der Waals surface area contributed by atoms with Crippen LogP contribution in [0.15, 0.2) is 54.9 Å². The molecule has 0 spiro atoms. The van der Waals surface area contributed by atoms with Crippen LogP contribution >= 0.6 is 22.9 Å². The molecule has 37 heavy (non-hydrogen) atoms. The number of carbonyl (C=O) groups is 1. The standard InChI is InChI=1S/C27H20ClFN4O3S/c28-23-11-18(4-9-24(23)35-13-16-2-1-3-17(29)10-16)32-25-22-12-21(37-26(22)31-15-30-25)8-7-19-5-6-20-14-36-27(34)33(19)20/h1-4,9-12,15,19-20H,5-6,13-14H2,(H,30,31,32)/t19-,20?/m1/s1. The minimum Gasteiger partial charge on any atom is -0.487 e. The largest absolute Gasteiger partial charge is 0.487 e. The Kier molecular flexibility index (Phi) is 6.28. The van der Waals surface area contributed by atoms with Crippen LogP contribution in [0.5, 0.6) is 5.75 Å². The molecule has 4 heterocycles. The minimum absolute atomic E-state index is 0.127. The van der Waals surface area contributed by atoms with Crippen molar-refractivity contribution in [3.63, 3.8) is 0 Å². The number of thiophene rings is 1. The molecule has 1 amide bonds. The average Bonchev–Trinajstić information content (AvgIpc) is 3.59. The molecule has 186 valence electrons. The third-order valence-corrected chi connectivity index (χ3v) is 7.54. The number of nitrogens with zero attached hydrogens (tertiary/aromatic N) is 3. The van der Waals surface area contributed by atoms with Crippen molar-refractivity contribution < 1.29 is 18.7 Å². The average molecular weight is 535 g/mol. The maximum absolute atomic E-state index is 13.4. The highest BCUT2D eigenvalue weighted by atomic mass is 35.5. The van der Waals surface area contributed by atoms with Crippen molar-refractivity contribution in [2.45, 2.75) is 31.5 Å². The second-order valence-electron chi connectivity index (χ2n) is 8.74. The zero-order valence-electron chi connectivity index (χ0n) is 19.4. The predicted octanol–water partition coefficient (Wildman–Crippen LogP) is 6.14. The van der Waals surface area contributed by atoms with Crippen LogP contribution in [0.25, 0.3) is 10.2 Å². The Balaban J connectivity index is 1.17. The zero-order valence-corrected chi connectivity index (χ0v) is 21.0. The molecule has 0 radical (unpaired) electrons. The fourth-order valence-electron chi connectivity index (χ4n) is 4.50. The van der Waals surface area contributed by atoms with Gasteiger partial charge < -0.3 is 14.8 Å². The molecular formula is C27H20ClFN4O3S. The van der Waals surface area contributed by atoms with Gasteiger partial charge in [0.1, 0.15) is 41.8 Å². The summed E-state index contributed by atoms with van der Waals surface area (Å²) in [6, 6.07) is 13.5. The van der Waals surface area contributed by atoms with Gasteiger partial charge in [-0.25, -0.2) is 19.2 Å². The molecule has 4 aromatic rings. The molecule has 10 heteroatoms. The predicted molar refractivity (Wildman–Crippen MR) is 140 cm³/mol. The molecule has 1 unspecified atom stereocenters. The SMILES string of the molecule is O=C1OCC2CC[C@H](C#Cc3cc4c(Nc5ccc(OCc6cccc(F)c6)c(Cl)c5)ncnc4s3)N12. The first-order valence-corrected chi connectivity index (χ1v) is 12.9. The first kappa shape index (κ1) is 23.5. The van der Waals surface area contributed by atoms with E-state index in [1.807, 2.05) is 12.1 Å². The van der Waals surface area contributed by atoms with Crippen molar-refractivity contribution >= 4 is 50.8 Å². The molecule has 2 saturated heterocycles. The molecular weight excluding hydrogens is 515 g/mol. The van der Waals surface area contributed by atoms with Crippen molar-refractivity contribution in [2.75, 3.05) is 11.9 Å². The summed E-state index contributed by atoms with van der Waals surface area (Å²) in [5, 5.41) is 4.54. The lowest BCUT2D eigenvalue weighted by Crippen LogP contribution is -2.34. The van der Waals surface area contributed by atoms with Gasteiger partial charge in [0.05, 0.1) is 27.4 Å². The number of aromatic nitrogens is 2. The molecule has 2 aromatic carbocycles. The lowest BCUT2D eigenvalue weighted by Gasteiger charge is -2.15. The van der Waals surface area contributed by atoms with E-state index >= 15 is 0 Å². The number of nitrogens with one attached hydrogen (secondary N) is 1. The quantitative estimate of drug-likeness (QED) is 0.310. The van der Waals surface area contributed by atoms with Gasteiger partial charge in [0, 0.05) is 5.69 Å². The second kappa shape index (κ2) is 9.88. The Labute approximate surface area is 221 Å². The summed E-state index contributed by atoms with van der Waals surface area (Å²) in [7, 11) is 0. The van der Waals surface area contributed by atoms with E-state index in [1.165, 1.54) is 29.8 Å². The van der Waals surface area contributed by atoms with E-state index in [1.54, 1.807) is 29.2 Å². The minimum atomic E-state index is -0.311. The van der Waals surface area contributed by atoms with E-state index in [-0.39, 0.29) is 30.6 Å². The van der Waals surface area contributed by atoms with Crippen molar-refractivity contribution in [3.05, 3.63) is 76.1 Å². The Morgan fingerprint density at radius 1 is 1.22 bits per heavy atom. The molecule has 7 nitrogen and oxygen atoms in total. The van der Waals surface area contributed by atoms with E-state index in [2.05, 4.69) is 27.1 Å². The fourth-order valence-corrected chi connectivity index (χ4v) is 5.59. The van der Waals surface area contributed by atoms with Crippen molar-refractivity contribution in [2.24, 2.45) is 0 Å². The number of cyclic esters (lactones) is 1. The summed E-state index contributed by atoms with van der Waals surface area (Å²) in [5.41, 5.74) is 1.44. The highest BCUT2D eigenvalue weighted by Gasteiger charge is 2.42. The molecule has 1 N–H and O–H groups in total. The summed E-state index contributed by atoms with van der Waals surface area (Å²) in [6.45, 7) is 0.657. The van der Waals surface area contributed by atoms with Crippen LogP contribution in [0.2, 0.25) is 5.02 Å². The number of benzene rings is 2. The van der Waals surface area contributed by atoms with Crippen LogP contribution in [0.1, 0.15) is 23.3 Å². The Hall–Kier alpha value is -3.87. The number of rotatable bonds is 5. The number of hydrogen-bond acceptors (Lipinski definition) is 7. The van der Waals surface area contributed by atoms with Gasteiger partial charge in [-0.15, -0.1) is 11.3 Å². The molecule has 2 aliphatic heterocycles. The Morgan fingerprint density at radius 3 is 3.00 bits per heavy atom. The molecule has 2 aliphatic rings. The lowest BCUT2D eigenvalue weighted by molar-refractivity contribution is 0.155. The van der Waals surface area contributed by atoms with Crippen LogP contribution in [-0.2, 0) is 11.3 Å². The third-order valence-electron chi connectivity index (χ3n) is 6.28. The van der Waals surface area contributed by atoms with Crippen molar-refractivity contribution in [1.29, 1.82) is 0 Å². The van der Waals surface area contributed by atoms with E-state index < -0.39 is 0 Å². The topological polar surface area (TPSA) is 76.6 Å². The van der Waals surface area contributed by atoms with Crippen LogP contribution in [0.3, 0.4) is 0 Å². The number of carbonyl (C=O) groups excluding carboxylic acids is 1. The number of hydrogen-bond donors (Lipinski definition) is 1. The highest BCUT2D eigenvalue weighted by Crippen LogP contribution is 2.33. The van der Waals surface area contributed by atoms with Gasteiger partial charge in [0.15, 0.2) is 0 Å². The summed E-state index contributed by atoms with van der Waals surface area (Å²) >= 11 is 7.91. The number of anilines is 2. The number of amides is 1. The molecule has 2 fully saturated rings. The summed E-state index contributed by atoms with van der Waals surface area (Å²) < 4.78 is 24.3. The van der Waals surface area contributed by atoms with Gasteiger partial charge in [0.2, 0.25) is 0 Å². The normalized spacial score (nSPS) is 18.3. The number of fused-ring (bicyclic) bond motifs is 2. The van der Waals surface area contributed by atoms with Crippen LogP contribution in [-0.4, -0.2) is 39.7 Å². The molecule has 0 aliphatic carbocycles. The van der Waals surface area contributed by atoms with Crippen molar-refractivity contribution in [1.82, 2.24) is 14.9 Å². The fraction of sp³-hybridized carbons (Fsp3) is 0.222. The number of halogens is 2. The molecule has 0 bridgehead atoms. The van der Waals surface area contributed by atoms with Crippen LogP contribution in [0, 0.1) is 17.7 Å². The van der Waals surface area contributed by atoms with Gasteiger partial charge >= 0.3 is 6.09 Å². The monoisotopic (exact) mass is 534 g/mol. The second-order valence-corrected chi connectivity index (χ2v) is 10.2. The highest BCUT2D eigenvalue weighted by molar-refractivity contribution is 7.19. The first-order valence-electron chi connectivity index (χ1n) is 11.7. The van der Waals surface area contributed by atoms with Gasteiger partial charge in [-0.3, -0.25) is 4.90 Å². The number of ether oxygens (including phenoxy) is 2. The third kappa shape index (κ3) is 4.90. The maximum atomic E-state index is 13.4. The van der Waals surface area contributed by atoms with E-state index in [0.717, 1.165) is 33.6 Å². The summed E-state index contributed by atoms with van der Waals surface area (Å²) in [6.07, 6.45) is 2.99. The zero-order chi connectivity index (χ0) is 25.4. The summed E-state index contributed by atoms with van der Waals surface area (Å²) in [5.74, 6) is 7.26. The van der Waals surface area contributed by atoms with E-state index in [4.69, 9.17) is 21.1 Å². The molecule has 6 rings (SSSR count). The first-order chi connectivity index (χ1) is 18.0.